The number of amides is 1. The van der Waals surface area contributed by atoms with E-state index in [0.717, 1.165) is 29.8 Å². The predicted octanol–water partition coefficient (Wildman–Crippen LogP) is 1.96. The van der Waals surface area contributed by atoms with Crippen LogP contribution in [-0.4, -0.2) is 32.4 Å². The molecule has 0 fully saturated rings. The molecule has 0 atom stereocenters. The summed E-state index contributed by atoms with van der Waals surface area (Å²) in [4.78, 5) is 17.8. The van der Waals surface area contributed by atoms with E-state index in [9.17, 15) is 13.2 Å². The van der Waals surface area contributed by atoms with Crippen LogP contribution >= 0.6 is 11.3 Å². The Morgan fingerprint density at radius 3 is 2.96 bits per heavy atom. The highest BCUT2D eigenvalue weighted by atomic mass is 32.2. The van der Waals surface area contributed by atoms with Crippen molar-refractivity contribution in [2.24, 2.45) is 0 Å². The molecule has 8 heteroatoms. The summed E-state index contributed by atoms with van der Waals surface area (Å²) in [7, 11) is -3.56. The van der Waals surface area contributed by atoms with Crippen molar-refractivity contribution in [3.63, 3.8) is 0 Å². The number of hydrogen-bond acceptors (Lipinski definition) is 5. The van der Waals surface area contributed by atoms with Crippen molar-refractivity contribution in [2.45, 2.75) is 31.1 Å². The fourth-order valence-corrected chi connectivity index (χ4v) is 4.50. The first-order chi connectivity index (χ1) is 11.5. The molecule has 1 aliphatic rings. The number of carbonyl (C=O) groups excluding carboxylic acids is 1. The molecule has 0 saturated heterocycles. The molecule has 1 N–H and O–H groups in total. The van der Waals surface area contributed by atoms with Gasteiger partial charge in [0.25, 0.3) is 0 Å². The Morgan fingerprint density at radius 1 is 1.42 bits per heavy atom. The summed E-state index contributed by atoms with van der Waals surface area (Å²) < 4.78 is 27.5. The topological polar surface area (TPSA) is 79.4 Å². The van der Waals surface area contributed by atoms with E-state index in [1.807, 2.05) is 5.38 Å². The molecule has 1 aliphatic heterocycles. The maximum atomic E-state index is 12.5. The van der Waals surface area contributed by atoms with Crippen molar-refractivity contribution in [3.8, 4) is 0 Å². The SMILES string of the molecule is CC(=O)N1CCCc2cc(S(=O)(=O)NCCc3cscn3)ccc21. The van der Waals surface area contributed by atoms with Crippen LogP contribution in [0.25, 0.3) is 0 Å². The first-order valence-corrected chi connectivity index (χ1v) is 10.2. The quantitative estimate of drug-likeness (QED) is 0.878. The molecule has 128 valence electrons. The van der Waals surface area contributed by atoms with Crippen molar-refractivity contribution >= 4 is 33.0 Å². The number of aromatic nitrogens is 1. The number of sulfonamides is 1. The van der Waals surface area contributed by atoms with Gasteiger partial charge in [0.2, 0.25) is 15.9 Å². The molecular formula is C16H19N3O3S2. The number of thiazole rings is 1. The number of fused-ring (bicyclic) bond motifs is 1. The zero-order valence-corrected chi connectivity index (χ0v) is 15.0. The molecule has 24 heavy (non-hydrogen) atoms. The minimum absolute atomic E-state index is 0.0204. The molecule has 6 nitrogen and oxygen atoms in total. The van der Waals surface area contributed by atoms with Crippen LogP contribution in [0.2, 0.25) is 0 Å². The second kappa shape index (κ2) is 7.00. The fourth-order valence-electron chi connectivity index (χ4n) is 2.83. The van der Waals surface area contributed by atoms with Crippen LogP contribution in [0.4, 0.5) is 5.69 Å². The summed E-state index contributed by atoms with van der Waals surface area (Å²) in [5.74, 6) is -0.0204. The standard InChI is InChI=1S/C16H19N3O3S2/c1-12(20)19-8-2-3-13-9-15(4-5-16(13)19)24(21,22)18-7-6-14-10-23-11-17-14/h4-5,9-11,18H,2-3,6-8H2,1H3. The first-order valence-electron chi connectivity index (χ1n) is 7.75. The molecule has 0 bridgehead atoms. The number of hydrogen-bond donors (Lipinski definition) is 1. The number of nitrogens with one attached hydrogen (secondary N) is 1. The molecule has 0 spiro atoms. The zero-order chi connectivity index (χ0) is 17.2. The maximum absolute atomic E-state index is 12.5. The summed E-state index contributed by atoms with van der Waals surface area (Å²) in [5.41, 5.74) is 4.33. The van der Waals surface area contributed by atoms with E-state index in [1.54, 1.807) is 28.6 Å². The fraction of sp³-hybridized carbons (Fsp3) is 0.375. The molecule has 1 amide bonds. The first kappa shape index (κ1) is 17.1. The van der Waals surface area contributed by atoms with Gasteiger partial charge in [0, 0.05) is 37.5 Å². The Morgan fingerprint density at radius 2 is 2.25 bits per heavy atom. The molecule has 1 aromatic carbocycles. The molecule has 3 rings (SSSR count). The molecule has 0 saturated carbocycles. The Bertz CT molecular complexity index is 832. The average molecular weight is 365 g/mol. The minimum atomic E-state index is -3.56. The van der Waals surface area contributed by atoms with Crippen LogP contribution in [0.5, 0.6) is 0 Å². The Balaban J connectivity index is 1.75. The molecule has 2 aromatic rings. The third-order valence-electron chi connectivity index (χ3n) is 4.02. The monoisotopic (exact) mass is 365 g/mol. The Hall–Kier alpha value is -1.77. The third kappa shape index (κ3) is 3.66. The maximum Gasteiger partial charge on any atom is 0.240 e. The zero-order valence-electron chi connectivity index (χ0n) is 13.4. The Labute approximate surface area is 145 Å². The second-order valence-corrected chi connectivity index (χ2v) is 8.18. The van der Waals surface area contributed by atoms with E-state index < -0.39 is 10.0 Å². The summed E-state index contributed by atoms with van der Waals surface area (Å²) in [6.07, 6.45) is 2.18. The van der Waals surface area contributed by atoms with Crippen molar-refractivity contribution < 1.29 is 13.2 Å². The van der Waals surface area contributed by atoms with E-state index in [1.165, 1.54) is 18.3 Å². The lowest BCUT2D eigenvalue weighted by atomic mass is 10.0. The molecule has 0 radical (unpaired) electrons. The predicted molar refractivity (Wildman–Crippen MR) is 93.8 cm³/mol. The lowest BCUT2D eigenvalue weighted by Crippen LogP contribution is -2.33. The highest BCUT2D eigenvalue weighted by Crippen LogP contribution is 2.29. The number of nitrogens with zero attached hydrogens (tertiary/aromatic N) is 2. The number of rotatable bonds is 5. The van der Waals surface area contributed by atoms with Gasteiger partial charge in [0.15, 0.2) is 0 Å². The van der Waals surface area contributed by atoms with Gasteiger partial charge in [-0.05, 0) is 36.6 Å². The van der Waals surface area contributed by atoms with Gasteiger partial charge in [-0.3, -0.25) is 4.79 Å². The van der Waals surface area contributed by atoms with Gasteiger partial charge < -0.3 is 4.90 Å². The van der Waals surface area contributed by atoms with E-state index >= 15 is 0 Å². The van der Waals surface area contributed by atoms with Gasteiger partial charge in [-0.15, -0.1) is 11.3 Å². The number of benzene rings is 1. The van der Waals surface area contributed by atoms with Gasteiger partial charge in [0.05, 0.1) is 16.1 Å². The molecule has 0 aliphatic carbocycles. The van der Waals surface area contributed by atoms with Crippen LogP contribution in [0.3, 0.4) is 0 Å². The van der Waals surface area contributed by atoms with Gasteiger partial charge in [-0.25, -0.2) is 18.1 Å². The number of aryl methyl sites for hydroxylation is 1. The molecule has 0 unspecified atom stereocenters. The highest BCUT2D eigenvalue weighted by molar-refractivity contribution is 7.89. The largest absolute Gasteiger partial charge is 0.312 e. The number of carbonyl (C=O) groups is 1. The van der Waals surface area contributed by atoms with Crippen LogP contribution in [0, 0.1) is 0 Å². The Kier molecular flexibility index (Phi) is 4.98. The van der Waals surface area contributed by atoms with E-state index in [0.29, 0.717) is 19.5 Å². The van der Waals surface area contributed by atoms with Crippen LogP contribution in [0.15, 0.2) is 34.0 Å². The summed E-state index contributed by atoms with van der Waals surface area (Å²) in [5, 5.41) is 1.91. The van der Waals surface area contributed by atoms with Crippen molar-refractivity contribution in [2.75, 3.05) is 18.0 Å². The van der Waals surface area contributed by atoms with E-state index in [-0.39, 0.29) is 10.8 Å². The van der Waals surface area contributed by atoms with Gasteiger partial charge in [-0.1, -0.05) is 0 Å². The molecule has 1 aromatic heterocycles. The molecule has 2 heterocycles. The van der Waals surface area contributed by atoms with E-state index in [4.69, 9.17) is 0 Å². The van der Waals surface area contributed by atoms with Crippen LogP contribution in [0.1, 0.15) is 24.6 Å². The smallest absolute Gasteiger partial charge is 0.240 e. The average Bonchev–Trinajstić information content (AvgIpc) is 3.06. The minimum Gasteiger partial charge on any atom is -0.312 e. The van der Waals surface area contributed by atoms with Crippen LogP contribution in [-0.2, 0) is 27.7 Å². The van der Waals surface area contributed by atoms with Crippen LogP contribution < -0.4 is 9.62 Å². The lowest BCUT2D eigenvalue weighted by molar-refractivity contribution is -0.116. The van der Waals surface area contributed by atoms with Crippen molar-refractivity contribution in [3.05, 3.63) is 40.3 Å². The number of anilines is 1. The summed E-state index contributed by atoms with van der Waals surface area (Å²) in [6.45, 7) is 2.52. The lowest BCUT2D eigenvalue weighted by Gasteiger charge is -2.28. The normalized spacial score (nSPS) is 14.5. The van der Waals surface area contributed by atoms with Crippen molar-refractivity contribution in [1.82, 2.24) is 9.71 Å². The van der Waals surface area contributed by atoms with E-state index in [2.05, 4.69) is 9.71 Å². The van der Waals surface area contributed by atoms with Crippen molar-refractivity contribution in [1.29, 1.82) is 0 Å². The summed E-state index contributed by atoms with van der Waals surface area (Å²) >= 11 is 1.49. The molecular weight excluding hydrogens is 346 g/mol. The van der Waals surface area contributed by atoms with Gasteiger partial charge >= 0.3 is 0 Å². The van der Waals surface area contributed by atoms with Gasteiger partial charge in [-0.2, -0.15) is 0 Å². The summed E-state index contributed by atoms with van der Waals surface area (Å²) in [6, 6.07) is 4.96. The highest BCUT2D eigenvalue weighted by Gasteiger charge is 2.22. The van der Waals surface area contributed by atoms with Gasteiger partial charge in [0.1, 0.15) is 0 Å². The second-order valence-electron chi connectivity index (χ2n) is 5.69. The third-order valence-corrected chi connectivity index (χ3v) is 6.11.